The number of halogens is 1. The quantitative estimate of drug-likeness (QED) is 0.774. The first-order valence-electron chi connectivity index (χ1n) is 6.37. The van der Waals surface area contributed by atoms with Crippen LogP contribution in [0.2, 0.25) is 0 Å². The van der Waals surface area contributed by atoms with Crippen molar-refractivity contribution >= 4 is 0 Å². The van der Waals surface area contributed by atoms with Crippen LogP contribution in [0.5, 0.6) is 5.75 Å². The van der Waals surface area contributed by atoms with Crippen LogP contribution in [-0.4, -0.2) is 26.9 Å². The van der Waals surface area contributed by atoms with Crippen LogP contribution in [0.1, 0.15) is 31.9 Å². The van der Waals surface area contributed by atoms with Crippen molar-refractivity contribution in [2.75, 3.05) is 26.9 Å². The molecule has 0 fully saturated rings. The monoisotopic (exact) mass is 255 g/mol. The zero-order chi connectivity index (χ0) is 13.4. The summed E-state index contributed by atoms with van der Waals surface area (Å²) in [5, 5.41) is 3.35. The van der Waals surface area contributed by atoms with Crippen molar-refractivity contribution in [3.63, 3.8) is 0 Å². The van der Waals surface area contributed by atoms with Gasteiger partial charge in [-0.2, -0.15) is 0 Å². The Balaban J connectivity index is 2.79. The van der Waals surface area contributed by atoms with Crippen LogP contribution in [0.3, 0.4) is 0 Å². The Kier molecular flexibility index (Phi) is 6.68. The highest BCUT2D eigenvalue weighted by Gasteiger charge is 2.13. The van der Waals surface area contributed by atoms with E-state index in [1.165, 1.54) is 13.2 Å². The lowest BCUT2D eigenvalue weighted by atomic mass is 10.1. The summed E-state index contributed by atoms with van der Waals surface area (Å²) in [6.07, 6.45) is 1.03. The second kappa shape index (κ2) is 8.06. The van der Waals surface area contributed by atoms with E-state index in [4.69, 9.17) is 9.47 Å². The van der Waals surface area contributed by atoms with Gasteiger partial charge in [0, 0.05) is 6.61 Å². The van der Waals surface area contributed by atoms with Gasteiger partial charge in [-0.3, -0.25) is 0 Å². The highest BCUT2D eigenvalue weighted by molar-refractivity contribution is 5.31. The Bertz CT molecular complexity index is 350. The molecule has 0 amide bonds. The Hall–Kier alpha value is -1.13. The van der Waals surface area contributed by atoms with E-state index >= 15 is 0 Å². The van der Waals surface area contributed by atoms with E-state index in [1.54, 1.807) is 6.07 Å². The number of nitrogens with one attached hydrogen (secondary N) is 1. The van der Waals surface area contributed by atoms with Crippen molar-refractivity contribution in [1.29, 1.82) is 0 Å². The average Bonchev–Trinajstić information content (AvgIpc) is 2.39. The van der Waals surface area contributed by atoms with E-state index in [2.05, 4.69) is 12.2 Å². The predicted octanol–water partition coefficient (Wildman–Crippen LogP) is 2.91. The number of ether oxygens (including phenoxy) is 2. The summed E-state index contributed by atoms with van der Waals surface area (Å²) < 4.78 is 24.0. The summed E-state index contributed by atoms with van der Waals surface area (Å²) in [5.41, 5.74) is 0.884. The molecule has 1 N–H and O–H groups in total. The summed E-state index contributed by atoms with van der Waals surface area (Å²) in [6, 6.07) is 5.04. The first kappa shape index (κ1) is 14.9. The second-order valence-electron chi connectivity index (χ2n) is 4.06. The average molecular weight is 255 g/mol. The fourth-order valence-electron chi connectivity index (χ4n) is 1.73. The minimum atomic E-state index is -0.338. The van der Waals surface area contributed by atoms with Crippen LogP contribution in [0.4, 0.5) is 4.39 Å². The molecule has 0 aromatic heterocycles. The number of methoxy groups -OCH3 is 1. The standard InChI is InChI=1S/C14H22FNO2/c1-4-8-16-13(10-18-5-2)11-6-7-14(17-3)12(15)9-11/h6-7,9,13,16H,4-5,8,10H2,1-3H3. The predicted molar refractivity (Wildman–Crippen MR) is 70.5 cm³/mol. The highest BCUT2D eigenvalue weighted by atomic mass is 19.1. The summed E-state index contributed by atoms with van der Waals surface area (Å²) in [5.74, 6) is -0.0702. The van der Waals surface area contributed by atoms with Crippen molar-refractivity contribution in [3.05, 3.63) is 29.6 Å². The lowest BCUT2D eigenvalue weighted by Crippen LogP contribution is -2.26. The zero-order valence-corrected chi connectivity index (χ0v) is 11.3. The molecule has 18 heavy (non-hydrogen) atoms. The van der Waals surface area contributed by atoms with Gasteiger partial charge >= 0.3 is 0 Å². The van der Waals surface area contributed by atoms with Gasteiger partial charge in [-0.1, -0.05) is 13.0 Å². The van der Waals surface area contributed by atoms with Gasteiger partial charge in [0.2, 0.25) is 0 Å². The second-order valence-corrected chi connectivity index (χ2v) is 4.06. The zero-order valence-electron chi connectivity index (χ0n) is 11.3. The summed E-state index contributed by atoms with van der Waals surface area (Å²) in [7, 11) is 1.46. The van der Waals surface area contributed by atoms with E-state index in [1.807, 2.05) is 13.0 Å². The Labute approximate surface area is 108 Å². The fraction of sp³-hybridized carbons (Fsp3) is 0.571. The molecular weight excluding hydrogens is 233 g/mol. The third-order valence-electron chi connectivity index (χ3n) is 2.71. The molecule has 1 rings (SSSR count). The lowest BCUT2D eigenvalue weighted by Gasteiger charge is -2.19. The molecule has 4 heteroatoms. The van der Waals surface area contributed by atoms with E-state index < -0.39 is 0 Å². The van der Waals surface area contributed by atoms with Crippen LogP contribution >= 0.6 is 0 Å². The molecule has 0 aliphatic carbocycles. The van der Waals surface area contributed by atoms with Crippen molar-refractivity contribution in [2.45, 2.75) is 26.3 Å². The maximum Gasteiger partial charge on any atom is 0.165 e. The van der Waals surface area contributed by atoms with E-state index in [0.717, 1.165) is 18.5 Å². The summed E-state index contributed by atoms with van der Waals surface area (Å²) in [6.45, 7) is 6.13. The van der Waals surface area contributed by atoms with Crippen molar-refractivity contribution in [1.82, 2.24) is 5.32 Å². The third-order valence-corrected chi connectivity index (χ3v) is 2.71. The van der Waals surface area contributed by atoms with Gasteiger partial charge in [0.1, 0.15) is 0 Å². The van der Waals surface area contributed by atoms with Gasteiger partial charge in [-0.05, 0) is 37.6 Å². The number of hydrogen-bond acceptors (Lipinski definition) is 3. The molecule has 0 spiro atoms. The van der Waals surface area contributed by atoms with Gasteiger partial charge < -0.3 is 14.8 Å². The smallest absolute Gasteiger partial charge is 0.165 e. The fourth-order valence-corrected chi connectivity index (χ4v) is 1.73. The number of benzene rings is 1. The molecule has 0 radical (unpaired) electrons. The molecule has 1 unspecified atom stereocenters. The molecule has 0 bridgehead atoms. The van der Waals surface area contributed by atoms with Crippen LogP contribution in [-0.2, 0) is 4.74 Å². The number of hydrogen-bond donors (Lipinski definition) is 1. The lowest BCUT2D eigenvalue weighted by molar-refractivity contribution is 0.123. The molecule has 1 aromatic carbocycles. The topological polar surface area (TPSA) is 30.5 Å². The molecule has 0 aliphatic rings. The van der Waals surface area contributed by atoms with Crippen molar-refractivity contribution < 1.29 is 13.9 Å². The molecule has 3 nitrogen and oxygen atoms in total. The maximum absolute atomic E-state index is 13.7. The van der Waals surface area contributed by atoms with Crippen LogP contribution in [0.25, 0.3) is 0 Å². The molecule has 0 saturated carbocycles. The summed E-state index contributed by atoms with van der Waals surface area (Å²) >= 11 is 0. The molecule has 1 atom stereocenters. The molecule has 0 saturated heterocycles. The van der Waals surface area contributed by atoms with Crippen LogP contribution in [0, 0.1) is 5.82 Å². The first-order chi connectivity index (χ1) is 8.72. The highest BCUT2D eigenvalue weighted by Crippen LogP contribution is 2.22. The van der Waals surface area contributed by atoms with Crippen molar-refractivity contribution in [3.8, 4) is 5.75 Å². The normalized spacial score (nSPS) is 12.4. The van der Waals surface area contributed by atoms with E-state index in [-0.39, 0.29) is 17.6 Å². The minimum absolute atomic E-state index is 0.0188. The Morgan fingerprint density at radius 2 is 2.11 bits per heavy atom. The molecule has 0 heterocycles. The van der Waals surface area contributed by atoms with Crippen molar-refractivity contribution in [2.24, 2.45) is 0 Å². The van der Waals surface area contributed by atoms with Crippen LogP contribution < -0.4 is 10.1 Å². The molecule has 0 aliphatic heterocycles. The van der Waals surface area contributed by atoms with Gasteiger partial charge in [-0.15, -0.1) is 0 Å². The third kappa shape index (κ3) is 4.27. The van der Waals surface area contributed by atoms with Gasteiger partial charge in [0.05, 0.1) is 19.8 Å². The molecule has 1 aromatic rings. The van der Waals surface area contributed by atoms with E-state index in [9.17, 15) is 4.39 Å². The number of rotatable bonds is 8. The molecular formula is C14H22FNO2. The van der Waals surface area contributed by atoms with Gasteiger partial charge in [0.15, 0.2) is 11.6 Å². The minimum Gasteiger partial charge on any atom is -0.494 e. The summed E-state index contributed by atoms with van der Waals surface area (Å²) in [4.78, 5) is 0. The Morgan fingerprint density at radius 1 is 1.33 bits per heavy atom. The van der Waals surface area contributed by atoms with Gasteiger partial charge in [0.25, 0.3) is 0 Å². The first-order valence-corrected chi connectivity index (χ1v) is 6.37. The molecule has 102 valence electrons. The SMILES string of the molecule is CCCNC(COCC)c1ccc(OC)c(F)c1. The Morgan fingerprint density at radius 3 is 2.67 bits per heavy atom. The van der Waals surface area contributed by atoms with E-state index in [0.29, 0.717) is 13.2 Å². The van der Waals surface area contributed by atoms with Gasteiger partial charge in [-0.25, -0.2) is 4.39 Å². The van der Waals surface area contributed by atoms with Crippen LogP contribution in [0.15, 0.2) is 18.2 Å². The maximum atomic E-state index is 13.7. The largest absolute Gasteiger partial charge is 0.494 e.